The fourth-order valence-corrected chi connectivity index (χ4v) is 5.03. The Morgan fingerprint density at radius 1 is 1.00 bits per heavy atom. The number of amides is 1. The smallest absolute Gasteiger partial charge is 0.276 e. The zero-order valence-corrected chi connectivity index (χ0v) is 16.4. The van der Waals surface area contributed by atoms with E-state index in [2.05, 4.69) is 15.5 Å². The molecule has 2 aromatic carbocycles. The number of rotatable bonds is 4. The van der Waals surface area contributed by atoms with Crippen molar-refractivity contribution in [3.05, 3.63) is 64.6 Å². The number of piperidine rings is 1. The van der Waals surface area contributed by atoms with E-state index in [1.54, 1.807) is 36.4 Å². The van der Waals surface area contributed by atoms with Crippen molar-refractivity contribution in [2.45, 2.75) is 24.2 Å². The summed E-state index contributed by atoms with van der Waals surface area (Å²) in [5.41, 5.74) is 0.0152. The highest BCUT2D eigenvalue weighted by Gasteiger charge is 2.26. The Bertz CT molecular complexity index is 1230. The molecule has 0 spiro atoms. The Morgan fingerprint density at radius 3 is 2.48 bits per heavy atom. The molecule has 9 heteroatoms. The predicted molar refractivity (Wildman–Crippen MR) is 109 cm³/mol. The van der Waals surface area contributed by atoms with Crippen LogP contribution in [-0.4, -0.2) is 41.9 Å². The number of nitrogens with one attached hydrogen (secondary N) is 2. The Kier molecular flexibility index (Phi) is 5.16. The first-order valence-electron chi connectivity index (χ1n) is 9.36. The molecule has 1 aliphatic rings. The highest BCUT2D eigenvalue weighted by atomic mass is 32.2. The second-order valence-electron chi connectivity index (χ2n) is 6.89. The Hall–Kier alpha value is -3.04. The number of hydrogen-bond donors (Lipinski definition) is 2. The zero-order valence-electron chi connectivity index (χ0n) is 15.6. The number of carbonyl (C=O) groups is 1. The third kappa shape index (κ3) is 3.79. The minimum atomic E-state index is -3.61. The molecular weight excluding hydrogens is 392 g/mol. The maximum atomic E-state index is 12.9. The molecule has 0 radical (unpaired) electrons. The Balaban J connectivity index is 1.63. The van der Waals surface area contributed by atoms with Crippen LogP contribution in [0.3, 0.4) is 0 Å². The molecule has 1 amide bonds. The first-order valence-corrected chi connectivity index (χ1v) is 10.8. The van der Waals surface area contributed by atoms with Crippen molar-refractivity contribution in [3.8, 4) is 0 Å². The molecule has 2 heterocycles. The van der Waals surface area contributed by atoms with Gasteiger partial charge < -0.3 is 5.32 Å². The summed E-state index contributed by atoms with van der Waals surface area (Å²) in [7, 11) is -3.61. The highest BCUT2D eigenvalue weighted by molar-refractivity contribution is 7.89. The zero-order chi connectivity index (χ0) is 20.4. The van der Waals surface area contributed by atoms with Gasteiger partial charge in [-0.05, 0) is 37.1 Å². The summed E-state index contributed by atoms with van der Waals surface area (Å²) in [4.78, 5) is 24.8. The van der Waals surface area contributed by atoms with E-state index in [1.807, 2.05) is 0 Å². The molecule has 1 aromatic heterocycles. The van der Waals surface area contributed by atoms with Crippen LogP contribution in [0.5, 0.6) is 0 Å². The molecule has 3 aromatic rings. The summed E-state index contributed by atoms with van der Waals surface area (Å²) in [6.45, 7) is 1.01. The summed E-state index contributed by atoms with van der Waals surface area (Å²) < 4.78 is 27.2. The predicted octanol–water partition coefficient (Wildman–Crippen LogP) is 2.35. The fraction of sp³-hybridized carbons (Fsp3) is 0.250. The molecule has 1 aliphatic heterocycles. The van der Waals surface area contributed by atoms with Gasteiger partial charge in [0.2, 0.25) is 10.0 Å². The van der Waals surface area contributed by atoms with Crippen LogP contribution < -0.4 is 10.9 Å². The van der Waals surface area contributed by atoms with Crippen LogP contribution in [-0.2, 0) is 10.0 Å². The van der Waals surface area contributed by atoms with Crippen LogP contribution in [0, 0.1) is 0 Å². The van der Waals surface area contributed by atoms with Gasteiger partial charge in [0.1, 0.15) is 0 Å². The monoisotopic (exact) mass is 412 g/mol. The van der Waals surface area contributed by atoms with Gasteiger partial charge in [0.05, 0.1) is 10.3 Å². The van der Waals surface area contributed by atoms with Crippen LogP contribution in [0.15, 0.2) is 58.2 Å². The lowest BCUT2D eigenvalue weighted by molar-refractivity contribution is 0.102. The molecule has 0 bridgehead atoms. The SMILES string of the molecule is O=C(Nc1cccc(S(=O)(=O)N2CCCCC2)c1)c1n[nH]c(=O)c2ccccc12. The van der Waals surface area contributed by atoms with Crippen molar-refractivity contribution < 1.29 is 13.2 Å². The number of fused-ring (bicyclic) bond motifs is 1. The average molecular weight is 412 g/mol. The van der Waals surface area contributed by atoms with Gasteiger partial charge in [0.15, 0.2) is 5.69 Å². The van der Waals surface area contributed by atoms with Gasteiger partial charge in [0, 0.05) is 24.2 Å². The second-order valence-corrected chi connectivity index (χ2v) is 8.83. The van der Waals surface area contributed by atoms with Crippen LogP contribution >= 0.6 is 0 Å². The van der Waals surface area contributed by atoms with Crippen molar-refractivity contribution in [1.82, 2.24) is 14.5 Å². The van der Waals surface area contributed by atoms with Crippen LogP contribution in [0.25, 0.3) is 10.8 Å². The number of aromatic nitrogens is 2. The maximum absolute atomic E-state index is 12.9. The van der Waals surface area contributed by atoms with Gasteiger partial charge in [-0.25, -0.2) is 13.5 Å². The Labute approximate surface area is 167 Å². The number of hydrogen-bond acceptors (Lipinski definition) is 5. The number of benzene rings is 2. The molecule has 0 saturated carbocycles. The van der Waals surface area contributed by atoms with E-state index in [-0.39, 0.29) is 16.1 Å². The van der Waals surface area contributed by atoms with Crippen LogP contribution in [0.2, 0.25) is 0 Å². The number of sulfonamides is 1. The number of carbonyl (C=O) groups excluding carboxylic acids is 1. The first kappa shape index (κ1) is 19.3. The van der Waals surface area contributed by atoms with Crippen molar-refractivity contribution in [3.63, 3.8) is 0 Å². The molecule has 1 fully saturated rings. The second kappa shape index (κ2) is 7.76. The van der Waals surface area contributed by atoms with Crippen LogP contribution in [0.1, 0.15) is 29.8 Å². The van der Waals surface area contributed by atoms with Crippen molar-refractivity contribution >= 4 is 32.4 Å². The third-order valence-electron chi connectivity index (χ3n) is 4.96. The number of H-pyrrole nitrogens is 1. The number of aromatic amines is 1. The summed E-state index contributed by atoms with van der Waals surface area (Å²) >= 11 is 0. The van der Waals surface area contributed by atoms with Crippen LogP contribution in [0.4, 0.5) is 5.69 Å². The van der Waals surface area contributed by atoms with Gasteiger partial charge >= 0.3 is 0 Å². The minimum Gasteiger partial charge on any atom is -0.321 e. The summed E-state index contributed by atoms with van der Waals surface area (Å²) in [5.74, 6) is -0.537. The molecule has 0 atom stereocenters. The molecule has 8 nitrogen and oxygen atoms in total. The normalized spacial score (nSPS) is 15.3. The van der Waals surface area contributed by atoms with E-state index in [0.29, 0.717) is 29.5 Å². The number of nitrogens with zero attached hydrogens (tertiary/aromatic N) is 2. The van der Waals surface area contributed by atoms with Gasteiger partial charge in [-0.1, -0.05) is 30.7 Å². The fourth-order valence-electron chi connectivity index (χ4n) is 3.47. The summed E-state index contributed by atoms with van der Waals surface area (Å²) in [6.07, 6.45) is 2.73. The average Bonchev–Trinajstić information content (AvgIpc) is 2.75. The molecule has 0 unspecified atom stereocenters. The van der Waals surface area contributed by atoms with E-state index >= 15 is 0 Å². The molecule has 2 N–H and O–H groups in total. The van der Waals surface area contributed by atoms with Crippen molar-refractivity contribution in [2.24, 2.45) is 0 Å². The van der Waals surface area contributed by atoms with Crippen molar-refractivity contribution in [1.29, 1.82) is 0 Å². The lowest BCUT2D eigenvalue weighted by Gasteiger charge is -2.26. The first-order chi connectivity index (χ1) is 14.0. The van der Waals surface area contributed by atoms with Gasteiger partial charge in [0.25, 0.3) is 11.5 Å². The Morgan fingerprint density at radius 2 is 1.72 bits per heavy atom. The minimum absolute atomic E-state index is 0.0597. The quantitative estimate of drug-likeness (QED) is 0.683. The van der Waals surface area contributed by atoms with Crippen molar-refractivity contribution in [2.75, 3.05) is 18.4 Å². The molecule has 4 rings (SSSR count). The third-order valence-corrected chi connectivity index (χ3v) is 6.85. The summed E-state index contributed by atoms with van der Waals surface area (Å²) in [6, 6.07) is 12.8. The van der Waals surface area contributed by atoms with E-state index in [4.69, 9.17) is 0 Å². The molecule has 1 saturated heterocycles. The van der Waals surface area contributed by atoms with E-state index < -0.39 is 15.9 Å². The van der Waals surface area contributed by atoms with Gasteiger partial charge in [-0.3, -0.25) is 9.59 Å². The highest BCUT2D eigenvalue weighted by Crippen LogP contribution is 2.23. The van der Waals surface area contributed by atoms with E-state index in [1.165, 1.54) is 16.4 Å². The molecule has 150 valence electrons. The largest absolute Gasteiger partial charge is 0.321 e. The lowest BCUT2D eigenvalue weighted by atomic mass is 10.1. The lowest BCUT2D eigenvalue weighted by Crippen LogP contribution is -2.35. The molecule has 29 heavy (non-hydrogen) atoms. The van der Waals surface area contributed by atoms with Gasteiger partial charge in [-0.2, -0.15) is 9.40 Å². The molecular formula is C20H20N4O4S. The maximum Gasteiger partial charge on any atom is 0.276 e. The van der Waals surface area contributed by atoms with E-state index in [9.17, 15) is 18.0 Å². The standard InChI is InChI=1S/C20H20N4O4S/c25-19-17-10-3-2-9-16(17)18(22-23-19)20(26)21-14-7-6-8-15(13-14)29(27,28)24-11-4-1-5-12-24/h2-3,6-10,13H,1,4-5,11-12H2,(H,21,26)(H,23,25). The van der Waals surface area contributed by atoms with Gasteiger partial charge in [-0.15, -0.1) is 0 Å². The molecule has 0 aliphatic carbocycles. The number of anilines is 1. The van der Waals surface area contributed by atoms with E-state index in [0.717, 1.165) is 19.3 Å². The topological polar surface area (TPSA) is 112 Å². The summed E-state index contributed by atoms with van der Waals surface area (Å²) in [5, 5.41) is 9.65.